The lowest BCUT2D eigenvalue weighted by Gasteiger charge is -2.06. The molecular formula is C21H18N4O. The van der Waals surface area contributed by atoms with E-state index in [-0.39, 0.29) is 0 Å². The molecule has 0 aliphatic rings. The van der Waals surface area contributed by atoms with Crippen LogP contribution in [0.15, 0.2) is 77.4 Å². The molecule has 0 unspecified atom stereocenters. The Morgan fingerprint density at radius 1 is 0.885 bits per heavy atom. The highest BCUT2D eigenvalue weighted by atomic mass is 16.5. The molecule has 1 N–H and O–H groups in total. The maximum absolute atomic E-state index is 5.36. The van der Waals surface area contributed by atoms with E-state index in [1.165, 1.54) is 11.1 Å². The van der Waals surface area contributed by atoms with Gasteiger partial charge in [0.15, 0.2) is 0 Å². The van der Waals surface area contributed by atoms with Crippen molar-refractivity contribution >= 4 is 5.82 Å². The van der Waals surface area contributed by atoms with E-state index in [0.717, 1.165) is 23.5 Å². The molecule has 5 nitrogen and oxygen atoms in total. The number of aryl methyl sites for hydroxylation is 1. The smallest absolute Gasteiger partial charge is 0.259 e. The van der Waals surface area contributed by atoms with E-state index in [4.69, 9.17) is 4.52 Å². The highest BCUT2D eigenvalue weighted by Gasteiger charge is 2.10. The van der Waals surface area contributed by atoms with E-state index in [1.54, 1.807) is 6.20 Å². The Morgan fingerprint density at radius 2 is 1.69 bits per heavy atom. The van der Waals surface area contributed by atoms with Crippen LogP contribution < -0.4 is 5.32 Å². The molecule has 2 aromatic carbocycles. The quantitative estimate of drug-likeness (QED) is 0.568. The molecule has 0 aliphatic heterocycles. The van der Waals surface area contributed by atoms with E-state index in [2.05, 4.69) is 51.6 Å². The van der Waals surface area contributed by atoms with Crippen LogP contribution in [0.2, 0.25) is 0 Å². The van der Waals surface area contributed by atoms with Crippen LogP contribution in [0.3, 0.4) is 0 Å². The van der Waals surface area contributed by atoms with Crippen molar-refractivity contribution in [2.24, 2.45) is 0 Å². The van der Waals surface area contributed by atoms with Gasteiger partial charge in [-0.25, -0.2) is 4.98 Å². The first-order chi connectivity index (χ1) is 12.8. The Balaban J connectivity index is 1.44. The number of nitrogens with one attached hydrogen (secondary N) is 1. The lowest BCUT2D eigenvalue weighted by Crippen LogP contribution is -2.01. The van der Waals surface area contributed by atoms with Crippen molar-refractivity contribution in [1.82, 2.24) is 15.1 Å². The lowest BCUT2D eigenvalue weighted by atomic mass is 10.1. The second kappa shape index (κ2) is 7.19. The summed E-state index contributed by atoms with van der Waals surface area (Å²) in [5.41, 5.74) is 4.18. The van der Waals surface area contributed by atoms with Crippen molar-refractivity contribution in [3.63, 3.8) is 0 Å². The zero-order valence-corrected chi connectivity index (χ0v) is 14.4. The molecule has 26 heavy (non-hydrogen) atoms. The van der Waals surface area contributed by atoms with Crippen molar-refractivity contribution in [2.75, 3.05) is 5.32 Å². The summed E-state index contributed by atoms with van der Waals surface area (Å²) < 4.78 is 5.36. The van der Waals surface area contributed by atoms with Crippen molar-refractivity contribution in [3.8, 4) is 22.8 Å². The van der Waals surface area contributed by atoms with Gasteiger partial charge < -0.3 is 9.84 Å². The summed E-state index contributed by atoms with van der Waals surface area (Å²) in [5, 5.41) is 7.35. The normalized spacial score (nSPS) is 10.7. The molecule has 0 aliphatic carbocycles. The molecule has 0 saturated heterocycles. The largest absolute Gasteiger partial charge is 0.366 e. The van der Waals surface area contributed by atoms with Crippen LogP contribution in [-0.2, 0) is 6.54 Å². The monoisotopic (exact) mass is 342 g/mol. The summed E-state index contributed by atoms with van der Waals surface area (Å²) in [6.07, 6.45) is 1.74. The number of rotatable bonds is 5. The van der Waals surface area contributed by atoms with E-state index in [9.17, 15) is 0 Å². The van der Waals surface area contributed by atoms with Crippen LogP contribution >= 0.6 is 0 Å². The standard InChI is InChI=1S/C21H18N4O/c1-15-7-9-16(10-8-15)13-22-19-12-11-18(14-23-19)21-24-20(25-26-21)17-5-3-2-4-6-17/h2-12,14H,13H2,1H3,(H,22,23). The Labute approximate surface area is 151 Å². The molecule has 0 amide bonds. The number of hydrogen-bond donors (Lipinski definition) is 1. The maximum atomic E-state index is 5.36. The number of hydrogen-bond acceptors (Lipinski definition) is 5. The van der Waals surface area contributed by atoms with E-state index >= 15 is 0 Å². The summed E-state index contributed by atoms with van der Waals surface area (Å²) in [7, 11) is 0. The molecule has 2 aromatic heterocycles. The van der Waals surface area contributed by atoms with Gasteiger partial charge in [0, 0.05) is 18.3 Å². The number of nitrogens with zero attached hydrogens (tertiary/aromatic N) is 3. The van der Waals surface area contributed by atoms with E-state index < -0.39 is 0 Å². The summed E-state index contributed by atoms with van der Waals surface area (Å²) >= 11 is 0. The summed E-state index contributed by atoms with van der Waals surface area (Å²) in [4.78, 5) is 8.87. The van der Waals surface area contributed by atoms with Crippen LogP contribution in [0.4, 0.5) is 5.82 Å². The summed E-state index contributed by atoms with van der Waals surface area (Å²) in [5.74, 6) is 1.83. The molecule has 0 atom stereocenters. The second-order valence-electron chi connectivity index (χ2n) is 6.06. The fourth-order valence-electron chi connectivity index (χ4n) is 2.57. The molecule has 0 saturated carbocycles. The third-order valence-electron chi connectivity index (χ3n) is 4.06. The lowest BCUT2D eigenvalue weighted by molar-refractivity contribution is 0.432. The van der Waals surface area contributed by atoms with Gasteiger partial charge in [-0.2, -0.15) is 4.98 Å². The van der Waals surface area contributed by atoms with Crippen LogP contribution in [0.25, 0.3) is 22.8 Å². The number of benzene rings is 2. The highest BCUT2D eigenvalue weighted by Crippen LogP contribution is 2.22. The molecule has 4 aromatic rings. The predicted molar refractivity (Wildman–Crippen MR) is 101 cm³/mol. The topological polar surface area (TPSA) is 63.8 Å². The van der Waals surface area contributed by atoms with Crippen molar-refractivity contribution in [1.29, 1.82) is 0 Å². The second-order valence-corrected chi connectivity index (χ2v) is 6.06. The maximum Gasteiger partial charge on any atom is 0.259 e. The fourth-order valence-corrected chi connectivity index (χ4v) is 2.57. The third-order valence-corrected chi connectivity index (χ3v) is 4.06. The molecule has 4 rings (SSSR count). The molecular weight excluding hydrogens is 324 g/mol. The van der Waals surface area contributed by atoms with E-state index in [1.807, 2.05) is 42.5 Å². The number of aromatic nitrogens is 3. The van der Waals surface area contributed by atoms with Crippen LogP contribution in [0.1, 0.15) is 11.1 Å². The van der Waals surface area contributed by atoms with E-state index in [0.29, 0.717) is 11.7 Å². The number of anilines is 1. The predicted octanol–water partition coefficient (Wildman–Crippen LogP) is 4.72. The summed E-state index contributed by atoms with van der Waals surface area (Å²) in [6, 6.07) is 22.0. The first-order valence-electron chi connectivity index (χ1n) is 8.43. The SMILES string of the molecule is Cc1ccc(CNc2ccc(-c3nc(-c4ccccc4)no3)cn2)cc1. The van der Waals surface area contributed by atoms with Gasteiger partial charge in [0.25, 0.3) is 5.89 Å². The Bertz CT molecular complexity index is 977. The Kier molecular flexibility index (Phi) is 4.43. The minimum absolute atomic E-state index is 0.460. The van der Waals surface area contributed by atoms with Gasteiger partial charge in [-0.1, -0.05) is 65.3 Å². The number of pyridine rings is 1. The zero-order valence-electron chi connectivity index (χ0n) is 14.4. The Morgan fingerprint density at radius 3 is 2.42 bits per heavy atom. The molecule has 128 valence electrons. The van der Waals surface area contributed by atoms with Crippen molar-refractivity contribution in [2.45, 2.75) is 13.5 Å². The molecule has 5 heteroatoms. The summed E-state index contributed by atoms with van der Waals surface area (Å²) in [6.45, 7) is 2.81. The average molecular weight is 342 g/mol. The molecule has 0 radical (unpaired) electrons. The zero-order chi connectivity index (χ0) is 17.8. The van der Waals surface area contributed by atoms with Crippen molar-refractivity contribution < 1.29 is 4.52 Å². The van der Waals surface area contributed by atoms with Gasteiger partial charge in [-0.15, -0.1) is 0 Å². The molecule has 0 fully saturated rings. The van der Waals surface area contributed by atoms with Gasteiger partial charge in [0.05, 0.1) is 5.56 Å². The van der Waals surface area contributed by atoms with Crippen molar-refractivity contribution in [3.05, 3.63) is 84.1 Å². The van der Waals surface area contributed by atoms with Gasteiger partial charge >= 0.3 is 0 Å². The Hall–Kier alpha value is -3.47. The van der Waals surface area contributed by atoms with Crippen LogP contribution in [-0.4, -0.2) is 15.1 Å². The van der Waals surface area contributed by atoms with Gasteiger partial charge in [0.1, 0.15) is 5.82 Å². The highest BCUT2D eigenvalue weighted by molar-refractivity contribution is 5.60. The van der Waals surface area contributed by atoms with Crippen LogP contribution in [0, 0.1) is 6.92 Å². The average Bonchev–Trinajstić information content (AvgIpc) is 3.19. The van der Waals surface area contributed by atoms with Gasteiger partial charge in [-0.05, 0) is 24.6 Å². The minimum Gasteiger partial charge on any atom is -0.366 e. The fraction of sp³-hybridized carbons (Fsp3) is 0.0952. The third kappa shape index (κ3) is 3.62. The van der Waals surface area contributed by atoms with Gasteiger partial charge in [-0.3, -0.25) is 0 Å². The molecule has 0 spiro atoms. The minimum atomic E-state index is 0.460. The molecule has 2 heterocycles. The molecule has 0 bridgehead atoms. The van der Waals surface area contributed by atoms with Gasteiger partial charge in [0.2, 0.25) is 5.82 Å². The van der Waals surface area contributed by atoms with Crippen LogP contribution in [0.5, 0.6) is 0 Å². The first-order valence-corrected chi connectivity index (χ1v) is 8.43. The first kappa shape index (κ1) is 16.0.